The Balaban J connectivity index is 2.44. The molecule has 2 aromatic carbocycles. The van der Waals surface area contributed by atoms with E-state index in [1.54, 1.807) is 18.2 Å². The molecule has 2 aromatic rings. The number of phenolic OH excluding ortho intramolecular Hbond substituents is 1. The fraction of sp³-hybridized carbons (Fsp3) is 0.188. The lowest BCUT2D eigenvalue weighted by molar-refractivity contribution is 0.103. The maximum atomic E-state index is 12.3. The number of hydrogen-bond donors (Lipinski definition) is 1. The van der Waals surface area contributed by atoms with Gasteiger partial charge in [-0.15, -0.1) is 0 Å². The summed E-state index contributed by atoms with van der Waals surface area (Å²) in [5.74, 6) is -0.0733. The Kier molecular flexibility index (Phi) is 3.47. The highest BCUT2D eigenvalue weighted by Crippen LogP contribution is 2.23. The van der Waals surface area contributed by atoms with E-state index in [0.29, 0.717) is 11.1 Å². The molecule has 0 aliphatic carbocycles. The molecule has 0 heterocycles. The van der Waals surface area contributed by atoms with Gasteiger partial charge < -0.3 is 5.11 Å². The number of phenols is 1. The minimum Gasteiger partial charge on any atom is -0.507 e. The predicted octanol–water partition coefficient (Wildman–Crippen LogP) is 3.49. The van der Waals surface area contributed by atoms with Crippen LogP contribution < -0.4 is 0 Å². The van der Waals surface area contributed by atoms with Crippen LogP contribution in [0.1, 0.15) is 34.0 Å². The van der Waals surface area contributed by atoms with Crippen LogP contribution in [0.15, 0.2) is 42.5 Å². The molecule has 0 spiro atoms. The summed E-state index contributed by atoms with van der Waals surface area (Å²) in [6, 6.07) is 12.6. The molecule has 1 N–H and O–H groups in total. The molecule has 0 radical (unpaired) electrons. The van der Waals surface area contributed by atoms with Crippen LogP contribution in [0.2, 0.25) is 0 Å². The van der Waals surface area contributed by atoms with Gasteiger partial charge >= 0.3 is 0 Å². The van der Waals surface area contributed by atoms with E-state index in [9.17, 15) is 9.90 Å². The smallest absolute Gasteiger partial charge is 0.197 e. The largest absolute Gasteiger partial charge is 0.507 e. The Morgan fingerprint density at radius 3 is 2.44 bits per heavy atom. The molecule has 0 saturated carbocycles. The SMILES string of the molecule is CCc1ccc(C(=O)c2ccccc2C)c(O)c1. The zero-order chi connectivity index (χ0) is 13.1. The van der Waals surface area contributed by atoms with Gasteiger partial charge in [0.2, 0.25) is 0 Å². The summed E-state index contributed by atoms with van der Waals surface area (Å²) >= 11 is 0. The fourth-order valence-corrected chi connectivity index (χ4v) is 1.96. The van der Waals surface area contributed by atoms with E-state index < -0.39 is 0 Å². The Hall–Kier alpha value is -2.09. The van der Waals surface area contributed by atoms with Gasteiger partial charge in [0.25, 0.3) is 0 Å². The first kappa shape index (κ1) is 12.4. The number of benzene rings is 2. The first-order chi connectivity index (χ1) is 8.63. The van der Waals surface area contributed by atoms with Gasteiger partial charge in [-0.05, 0) is 36.6 Å². The second-order valence-electron chi connectivity index (χ2n) is 4.35. The van der Waals surface area contributed by atoms with E-state index in [2.05, 4.69) is 0 Å². The molecule has 0 aliphatic heterocycles. The third-order valence-electron chi connectivity index (χ3n) is 3.10. The molecule has 0 unspecified atom stereocenters. The van der Waals surface area contributed by atoms with Crippen LogP contribution in [-0.4, -0.2) is 10.9 Å². The van der Waals surface area contributed by atoms with E-state index in [0.717, 1.165) is 17.5 Å². The maximum Gasteiger partial charge on any atom is 0.197 e. The van der Waals surface area contributed by atoms with E-state index in [4.69, 9.17) is 0 Å². The average Bonchev–Trinajstić information content (AvgIpc) is 2.38. The number of carbonyl (C=O) groups excluding carboxylic acids is 1. The summed E-state index contributed by atoms with van der Waals surface area (Å²) in [7, 11) is 0. The highest BCUT2D eigenvalue weighted by Gasteiger charge is 2.15. The quantitative estimate of drug-likeness (QED) is 0.834. The van der Waals surface area contributed by atoms with Gasteiger partial charge in [-0.1, -0.05) is 37.3 Å². The Morgan fingerprint density at radius 2 is 1.83 bits per heavy atom. The maximum absolute atomic E-state index is 12.3. The van der Waals surface area contributed by atoms with Crippen molar-refractivity contribution in [1.82, 2.24) is 0 Å². The third-order valence-corrected chi connectivity index (χ3v) is 3.10. The number of ketones is 1. The minimum absolute atomic E-state index is 0.0580. The van der Waals surface area contributed by atoms with Crippen LogP contribution >= 0.6 is 0 Å². The molecular formula is C16H16O2. The van der Waals surface area contributed by atoms with Crippen LogP contribution in [0.4, 0.5) is 0 Å². The zero-order valence-corrected chi connectivity index (χ0v) is 10.6. The number of aryl methyl sites for hydroxylation is 2. The number of rotatable bonds is 3. The van der Waals surface area contributed by atoms with Crippen molar-refractivity contribution in [2.45, 2.75) is 20.3 Å². The van der Waals surface area contributed by atoms with Crippen molar-refractivity contribution in [3.63, 3.8) is 0 Å². The van der Waals surface area contributed by atoms with E-state index in [1.807, 2.05) is 38.1 Å². The van der Waals surface area contributed by atoms with Gasteiger partial charge in [0.15, 0.2) is 5.78 Å². The molecule has 0 aromatic heterocycles. The van der Waals surface area contributed by atoms with Gasteiger partial charge in [-0.3, -0.25) is 4.79 Å². The van der Waals surface area contributed by atoms with Crippen LogP contribution in [0.3, 0.4) is 0 Å². The van der Waals surface area contributed by atoms with E-state index in [1.165, 1.54) is 0 Å². The normalized spacial score (nSPS) is 10.3. The summed E-state index contributed by atoms with van der Waals surface area (Å²) in [6.45, 7) is 3.91. The monoisotopic (exact) mass is 240 g/mol. The molecule has 0 saturated heterocycles. The van der Waals surface area contributed by atoms with E-state index in [-0.39, 0.29) is 11.5 Å². The van der Waals surface area contributed by atoms with Gasteiger partial charge in [-0.25, -0.2) is 0 Å². The summed E-state index contributed by atoms with van der Waals surface area (Å²) in [4.78, 5) is 12.3. The molecule has 0 amide bonds. The molecule has 0 atom stereocenters. The van der Waals surface area contributed by atoms with Crippen molar-refractivity contribution < 1.29 is 9.90 Å². The lowest BCUT2D eigenvalue weighted by Gasteiger charge is -2.07. The summed E-state index contributed by atoms with van der Waals surface area (Å²) < 4.78 is 0. The topological polar surface area (TPSA) is 37.3 Å². The second kappa shape index (κ2) is 5.05. The lowest BCUT2D eigenvalue weighted by atomic mass is 9.97. The summed E-state index contributed by atoms with van der Waals surface area (Å²) in [5.41, 5.74) is 2.94. The van der Waals surface area contributed by atoms with Crippen molar-refractivity contribution in [2.75, 3.05) is 0 Å². The molecule has 2 nitrogen and oxygen atoms in total. The Labute approximate surface area is 107 Å². The fourth-order valence-electron chi connectivity index (χ4n) is 1.96. The highest BCUT2D eigenvalue weighted by atomic mass is 16.3. The van der Waals surface area contributed by atoms with Crippen molar-refractivity contribution >= 4 is 5.78 Å². The minimum atomic E-state index is -0.131. The summed E-state index contributed by atoms with van der Waals surface area (Å²) in [6.07, 6.45) is 0.840. The molecular weight excluding hydrogens is 224 g/mol. The van der Waals surface area contributed by atoms with Crippen LogP contribution in [0, 0.1) is 6.92 Å². The van der Waals surface area contributed by atoms with Crippen molar-refractivity contribution in [3.8, 4) is 5.75 Å². The first-order valence-electron chi connectivity index (χ1n) is 6.05. The molecule has 0 fully saturated rings. The van der Waals surface area contributed by atoms with E-state index >= 15 is 0 Å². The van der Waals surface area contributed by atoms with Crippen LogP contribution in [0.5, 0.6) is 5.75 Å². The molecule has 18 heavy (non-hydrogen) atoms. The van der Waals surface area contributed by atoms with Gasteiger partial charge in [0.05, 0.1) is 5.56 Å². The molecule has 0 bridgehead atoms. The van der Waals surface area contributed by atoms with Crippen LogP contribution in [-0.2, 0) is 6.42 Å². The standard InChI is InChI=1S/C16H16O2/c1-3-12-8-9-14(15(17)10-12)16(18)13-7-5-4-6-11(13)2/h4-10,17H,3H2,1-2H3. The van der Waals surface area contributed by atoms with Crippen LogP contribution in [0.25, 0.3) is 0 Å². The molecule has 92 valence electrons. The number of carbonyl (C=O) groups is 1. The molecule has 2 heteroatoms. The zero-order valence-electron chi connectivity index (χ0n) is 10.6. The second-order valence-corrected chi connectivity index (χ2v) is 4.35. The predicted molar refractivity (Wildman–Crippen MR) is 72.1 cm³/mol. The number of hydrogen-bond acceptors (Lipinski definition) is 2. The molecule has 0 aliphatic rings. The van der Waals surface area contributed by atoms with Crippen molar-refractivity contribution in [2.24, 2.45) is 0 Å². The Bertz CT molecular complexity index is 585. The third kappa shape index (κ3) is 2.28. The first-order valence-corrected chi connectivity index (χ1v) is 6.05. The number of aromatic hydroxyl groups is 1. The Morgan fingerprint density at radius 1 is 1.11 bits per heavy atom. The molecule has 2 rings (SSSR count). The van der Waals surface area contributed by atoms with Crippen molar-refractivity contribution in [1.29, 1.82) is 0 Å². The van der Waals surface area contributed by atoms with Gasteiger partial charge in [0, 0.05) is 5.56 Å². The van der Waals surface area contributed by atoms with Gasteiger partial charge in [0.1, 0.15) is 5.75 Å². The highest BCUT2D eigenvalue weighted by molar-refractivity contribution is 6.11. The average molecular weight is 240 g/mol. The summed E-state index contributed by atoms with van der Waals surface area (Å²) in [5, 5.41) is 9.92. The van der Waals surface area contributed by atoms with Gasteiger partial charge in [-0.2, -0.15) is 0 Å². The van der Waals surface area contributed by atoms with Crippen molar-refractivity contribution in [3.05, 3.63) is 64.7 Å². The lowest BCUT2D eigenvalue weighted by Crippen LogP contribution is -2.04.